The minimum absolute atomic E-state index is 0.798. The molecule has 1 amide bonds. The lowest BCUT2D eigenvalue weighted by Crippen LogP contribution is -2.11. The first-order chi connectivity index (χ1) is 15.4. The highest BCUT2D eigenvalue weighted by Gasteiger charge is 1.95. The summed E-state index contributed by atoms with van der Waals surface area (Å²) in [6, 6.07) is 0. The predicted octanol–water partition coefficient (Wildman–Crippen LogP) is 9.67. The molecule has 0 aromatic rings. The second-order valence-electron chi connectivity index (χ2n) is 9.55. The van der Waals surface area contributed by atoms with Crippen LogP contribution in [0.25, 0.3) is 0 Å². The molecule has 0 unspecified atom stereocenters. The minimum atomic E-state index is 0.798. The van der Waals surface area contributed by atoms with Crippen molar-refractivity contribution in [1.29, 1.82) is 0 Å². The zero-order valence-corrected chi connectivity index (χ0v) is 21.3. The van der Waals surface area contributed by atoms with Gasteiger partial charge in [-0.05, 0) is 32.1 Å². The average molecular weight is 436 g/mol. The molecule has 0 radical (unpaired) electrons. The van der Waals surface area contributed by atoms with Gasteiger partial charge in [-0.3, -0.25) is 4.79 Å². The fourth-order valence-electron chi connectivity index (χ4n) is 4.30. The molecule has 2 nitrogen and oxygen atoms in total. The van der Waals surface area contributed by atoms with Crippen molar-refractivity contribution in [1.82, 2.24) is 5.32 Å². The van der Waals surface area contributed by atoms with Crippen molar-refractivity contribution in [3.8, 4) is 0 Å². The van der Waals surface area contributed by atoms with Crippen LogP contribution in [0.4, 0.5) is 0 Å². The normalized spacial score (nSPS) is 11.4. The minimum Gasteiger partial charge on any atom is -0.359 e. The Hall–Kier alpha value is -0.790. The number of carbonyl (C=O) groups is 1. The van der Waals surface area contributed by atoms with E-state index in [2.05, 4.69) is 24.4 Å². The van der Waals surface area contributed by atoms with Gasteiger partial charge in [0.05, 0.1) is 0 Å². The Kier molecular flexibility index (Phi) is 28.5. The summed E-state index contributed by atoms with van der Waals surface area (Å²) in [5, 5.41) is 2.73. The first kappa shape index (κ1) is 30.2. The maximum atomic E-state index is 10.1. The van der Waals surface area contributed by atoms with Crippen molar-refractivity contribution < 1.29 is 4.79 Å². The average Bonchev–Trinajstić information content (AvgIpc) is 2.78. The molecule has 0 spiro atoms. The lowest BCUT2D eigenvalue weighted by Gasteiger charge is -2.03. The van der Waals surface area contributed by atoms with E-state index in [-0.39, 0.29) is 0 Å². The van der Waals surface area contributed by atoms with Crippen molar-refractivity contribution in [2.45, 2.75) is 161 Å². The van der Waals surface area contributed by atoms with Crippen molar-refractivity contribution in [2.75, 3.05) is 6.54 Å². The molecule has 0 atom stereocenters. The summed E-state index contributed by atoms with van der Waals surface area (Å²) < 4.78 is 0. The van der Waals surface area contributed by atoms with Gasteiger partial charge in [-0.2, -0.15) is 0 Å². The molecular weight excluding hydrogens is 378 g/mol. The number of hydrogen-bond donors (Lipinski definition) is 1. The number of hydrogen-bond acceptors (Lipinski definition) is 1. The van der Waals surface area contributed by atoms with E-state index < -0.39 is 0 Å². The molecule has 0 aliphatic carbocycles. The van der Waals surface area contributed by atoms with Gasteiger partial charge >= 0.3 is 0 Å². The van der Waals surface area contributed by atoms with Gasteiger partial charge in [0.1, 0.15) is 0 Å². The predicted molar refractivity (Wildman–Crippen MR) is 140 cm³/mol. The standard InChI is InChI=1S/C29H57NO/c1-2-3-4-5-6-7-8-9-10-11-12-13-14-15-16-17-18-19-20-21-22-23-24-25-26-27-28-30-29-31/h19-20,29H,2-18,21-28H2,1H3,(H,30,31)/b20-19-. The van der Waals surface area contributed by atoms with Crippen molar-refractivity contribution in [2.24, 2.45) is 0 Å². The fourth-order valence-corrected chi connectivity index (χ4v) is 4.30. The van der Waals surface area contributed by atoms with E-state index in [4.69, 9.17) is 0 Å². The first-order valence-corrected chi connectivity index (χ1v) is 14.2. The number of unbranched alkanes of at least 4 members (excludes halogenated alkanes) is 22. The highest BCUT2D eigenvalue weighted by atomic mass is 16.1. The third kappa shape index (κ3) is 29.2. The van der Waals surface area contributed by atoms with Crippen LogP contribution in [0.1, 0.15) is 161 Å². The molecule has 0 heterocycles. The molecule has 0 fully saturated rings. The van der Waals surface area contributed by atoms with E-state index >= 15 is 0 Å². The van der Waals surface area contributed by atoms with Crippen LogP contribution < -0.4 is 5.32 Å². The molecule has 0 aliphatic heterocycles. The Morgan fingerprint density at radius 2 is 0.774 bits per heavy atom. The summed E-state index contributed by atoms with van der Waals surface area (Å²) in [5.41, 5.74) is 0. The van der Waals surface area contributed by atoms with E-state index in [1.54, 1.807) is 0 Å². The third-order valence-corrected chi connectivity index (χ3v) is 6.42. The van der Waals surface area contributed by atoms with Gasteiger partial charge < -0.3 is 5.32 Å². The second kappa shape index (κ2) is 29.2. The molecule has 0 aromatic carbocycles. The lowest BCUT2D eigenvalue weighted by molar-refractivity contribution is -0.109. The van der Waals surface area contributed by atoms with Crippen LogP contribution in [0.2, 0.25) is 0 Å². The van der Waals surface area contributed by atoms with Crippen LogP contribution in [0.3, 0.4) is 0 Å². The van der Waals surface area contributed by atoms with Crippen LogP contribution in [-0.4, -0.2) is 13.0 Å². The largest absolute Gasteiger partial charge is 0.359 e. The monoisotopic (exact) mass is 435 g/mol. The zero-order chi connectivity index (χ0) is 22.5. The summed E-state index contributed by atoms with van der Waals surface area (Å²) in [6.07, 6.45) is 39.0. The Balaban J connectivity index is 3.06. The molecule has 0 aliphatic rings. The molecule has 0 saturated carbocycles. The van der Waals surface area contributed by atoms with Crippen LogP contribution in [0.15, 0.2) is 12.2 Å². The first-order valence-electron chi connectivity index (χ1n) is 14.2. The van der Waals surface area contributed by atoms with Gasteiger partial charge in [-0.1, -0.05) is 141 Å². The van der Waals surface area contributed by atoms with Crippen molar-refractivity contribution in [3.05, 3.63) is 12.2 Å². The molecule has 31 heavy (non-hydrogen) atoms. The highest BCUT2D eigenvalue weighted by Crippen LogP contribution is 2.14. The second-order valence-corrected chi connectivity index (χ2v) is 9.55. The Morgan fingerprint density at radius 3 is 1.13 bits per heavy atom. The molecular formula is C29H57NO. The van der Waals surface area contributed by atoms with Gasteiger partial charge in [0.15, 0.2) is 0 Å². The summed E-state index contributed by atoms with van der Waals surface area (Å²) in [4.78, 5) is 10.1. The van der Waals surface area contributed by atoms with E-state index in [1.807, 2.05) is 0 Å². The van der Waals surface area contributed by atoms with E-state index in [0.717, 1.165) is 19.4 Å². The Labute approximate surface area is 196 Å². The molecule has 0 bridgehead atoms. The van der Waals surface area contributed by atoms with Crippen LogP contribution in [0.5, 0.6) is 0 Å². The summed E-state index contributed by atoms with van der Waals surface area (Å²) in [5.74, 6) is 0. The SMILES string of the molecule is CCCCCCCCCCCCCCCCCC/C=C\CCCCCCCCNC=O. The Bertz CT molecular complexity index is 353. The number of carbonyl (C=O) groups excluding carboxylic acids is 1. The van der Waals surface area contributed by atoms with Crippen molar-refractivity contribution >= 4 is 6.41 Å². The maximum absolute atomic E-state index is 10.1. The molecule has 0 saturated heterocycles. The Morgan fingerprint density at radius 1 is 0.452 bits per heavy atom. The summed E-state index contributed by atoms with van der Waals surface area (Å²) in [7, 11) is 0. The van der Waals surface area contributed by atoms with Crippen LogP contribution >= 0.6 is 0 Å². The van der Waals surface area contributed by atoms with E-state index in [9.17, 15) is 4.79 Å². The molecule has 184 valence electrons. The van der Waals surface area contributed by atoms with Gasteiger partial charge in [0.2, 0.25) is 6.41 Å². The van der Waals surface area contributed by atoms with Gasteiger partial charge in [0, 0.05) is 6.54 Å². The molecule has 0 aromatic heterocycles. The molecule has 2 heteroatoms. The van der Waals surface area contributed by atoms with E-state index in [1.165, 1.54) is 148 Å². The molecule has 0 rings (SSSR count). The summed E-state index contributed by atoms with van der Waals surface area (Å²) in [6.45, 7) is 3.14. The molecule has 1 N–H and O–H groups in total. The third-order valence-electron chi connectivity index (χ3n) is 6.42. The zero-order valence-electron chi connectivity index (χ0n) is 21.3. The summed E-state index contributed by atoms with van der Waals surface area (Å²) >= 11 is 0. The van der Waals surface area contributed by atoms with Crippen LogP contribution in [-0.2, 0) is 4.79 Å². The maximum Gasteiger partial charge on any atom is 0.207 e. The number of amides is 1. The fraction of sp³-hybridized carbons (Fsp3) is 0.897. The van der Waals surface area contributed by atoms with Gasteiger partial charge in [-0.15, -0.1) is 0 Å². The van der Waals surface area contributed by atoms with Gasteiger partial charge in [-0.25, -0.2) is 0 Å². The van der Waals surface area contributed by atoms with Crippen molar-refractivity contribution in [3.63, 3.8) is 0 Å². The smallest absolute Gasteiger partial charge is 0.207 e. The number of allylic oxidation sites excluding steroid dienone is 2. The number of nitrogens with one attached hydrogen (secondary N) is 1. The van der Waals surface area contributed by atoms with Gasteiger partial charge in [0.25, 0.3) is 0 Å². The highest BCUT2D eigenvalue weighted by molar-refractivity contribution is 5.45. The van der Waals surface area contributed by atoms with Crippen LogP contribution in [0, 0.1) is 0 Å². The quantitative estimate of drug-likeness (QED) is 0.0776. The lowest BCUT2D eigenvalue weighted by atomic mass is 10.0. The van der Waals surface area contributed by atoms with E-state index in [0.29, 0.717) is 0 Å². The topological polar surface area (TPSA) is 29.1 Å². The number of rotatable bonds is 27.